The zero-order valence-corrected chi connectivity index (χ0v) is 22.9. The summed E-state index contributed by atoms with van der Waals surface area (Å²) in [6.07, 6.45) is 1.72. The fourth-order valence-electron chi connectivity index (χ4n) is 4.53. The molecule has 1 aliphatic rings. The molecule has 0 unspecified atom stereocenters. The minimum Gasteiger partial charge on any atom is -0.497 e. The molecule has 0 bridgehead atoms. The van der Waals surface area contributed by atoms with Crippen LogP contribution in [0.15, 0.2) is 94.2 Å². The summed E-state index contributed by atoms with van der Waals surface area (Å²) in [4.78, 5) is 44.2. The van der Waals surface area contributed by atoms with Gasteiger partial charge in [-0.2, -0.15) is 0 Å². The summed E-state index contributed by atoms with van der Waals surface area (Å²) in [5.41, 5.74) is 2.53. The maximum absolute atomic E-state index is 14.0. The van der Waals surface area contributed by atoms with Crippen LogP contribution in [0.2, 0.25) is 0 Å². The topological polar surface area (TPSA) is 96.2 Å². The van der Waals surface area contributed by atoms with Crippen molar-refractivity contribution in [2.24, 2.45) is 4.99 Å². The van der Waals surface area contributed by atoms with Crippen molar-refractivity contribution >= 4 is 35.0 Å². The van der Waals surface area contributed by atoms with Crippen LogP contribution >= 0.6 is 11.3 Å². The third-order valence-electron chi connectivity index (χ3n) is 6.22. The second kappa shape index (κ2) is 11.5. The Labute approximate surface area is 234 Å². The predicted octanol–water partition coefficient (Wildman–Crippen LogP) is 3.87. The number of thiazole rings is 1. The SMILES string of the molecule is CCOC(=O)C1=C(c2ccccc2)N=c2s/c(=C\c3cccc(OC(C)=O)c3)c(=O)n2[C@H]1c1ccc(OC)cc1. The van der Waals surface area contributed by atoms with Gasteiger partial charge in [0.2, 0.25) is 0 Å². The van der Waals surface area contributed by atoms with E-state index in [0.29, 0.717) is 37.7 Å². The lowest BCUT2D eigenvalue weighted by Crippen LogP contribution is -2.40. The number of hydrogen-bond donors (Lipinski definition) is 0. The first-order chi connectivity index (χ1) is 19.4. The highest BCUT2D eigenvalue weighted by molar-refractivity contribution is 7.07. The van der Waals surface area contributed by atoms with E-state index in [2.05, 4.69) is 0 Å². The number of fused-ring (bicyclic) bond motifs is 1. The van der Waals surface area contributed by atoms with Gasteiger partial charge in [0.15, 0.2) is 4.80 Å². The summed E-state index contributed by atoms with van der Waals surface area (Å²) in [6.45, 7) is 3.24. The van der Waals surface area contributed by atoms with Gasteiger partial charge in [-0.1, -0.05) is 65.9 Å². The van der Waals surface area contributed by atoms with E-state index >= 15 is 0 Å². The van der Waals surface area contributed by atoms with Gasteiger partial charge in [0, 0.05) is 12.5 Å². The number of esters is 2. The van der Waals surface area contributed by atoms with Crippen LogP contribution < -0.4 is 24.4 Å². The third-order valence-corrected chi connectivity index (χ3v) is 7.21. The minimum absolute atomic E-state index is 0.169. The number of aromatic nitrogens is 1. The number of ether oxygens (including phenoxy) is 3. The molecule has 1 aromatic heterocycles. The van der Waals surface area contributed by atoms with Crippen LogP contribution in [0.5, 0.6) is 11.5 Å². The Kier molecular flexibility index (Phi) is 7.75. The average Bonchev–Trinajstić information content (AvgIpc) is 3.27. The number of carbonyl (C=O) groups is 2. The summed E-state index contributed by atoms with van der Waals surface area (Å²) < 4.78 is 18.0. The highest BCUT2D eigenvalue weighted by Gasteiger charge is 2.35. The Morgan fingerprint density at radius 1 is 1.00 bits per heavy atom. The number of nitrogens with zero attached hydrogens (tertiary/aromatic N) is 2. The van der Waals surface area contributed by atoms with Crippen LogP contribution in [0.3, 0.4) is 0 Å². The van der Waals surface area contributed by atoms with Gasteiger partial charge in [-0.3, -0.25) is 14.2 Å². The fourth-order valence-corrected chi connectivity index (χ4v) is 5.53. The van der Waals surface area contributed by atoms with Crippen molar-refractivity contribution in [1.29, 1.82) is 0 Å². The average molecular weight is 555 g/mol. The Balaban J connectivity index is 1.77. The molecule has 4 aromatic rings. The molecule has 2 heterocycles. The van der Waals surface area contributed by atoms with Gasteiger partial charge in [-0.25, -0.2) is 9.79 Å². The molecule has 40 heavy (non-hydrogen) atoms. The van der Waals surface area contributed by atoms with E-state index in [1.807, 2.05) is 48.5 Å². The predicted molar refractivity (Wildman–Crippen MR) is 152 cm³/mol. The second-order valence-electron chi connectivity index (χ2n) is 8.87. The van der Waals surface area contributed by atoms with Crippen molar-refractivity contribution in [3.63, 3.8) is 0 Å². The number of methoxy groups -OCH3 is 1. The largest absolute Gasteiger partial charge is 0.497 e. The Hall–Kier alpha value is -4.76. The summed E-state index contributed by atoms with van der Waals surface area (Å²) in [6, 6.07) is 22.7. The van der Waals surface area contributed by atoms with Crippen molar-refractivity contribution in [2.75, 3.05) is 13.7 Å². The first-order valence-corrected chi connectivity index (χ1v) is 13.4. The Morgan fingerprint density at radius 2 is 1.75 bits per heavy atom. The van der Waals surface area contributed by atoms with Gasteiger partial charge in [0.25, 0.3) is 5.56 Å². The lowest BCUT2D eigenvalue weighted by molar-refractivity contribution is -0.139. The highest BCUT2D eigenvalue weighted by Crippen LogP contribution is 2.35. The van der Waals surface area contributed by atoms with E-state index in [0.717, 1.165) is 5.56 Å². The maximum Gasteiger partial charge on any atom is 0.338 e. The number of rotatable bonds is 7. The first kappa shape index (κ1) is 26.8. The number of carbonyl (C=O) groups excluding carboxylic acids is 2. The molecule has 202 valence electrons. The molecule has 3 aromatic carbocycles. The molecule has 0 spiro atoms. The van der Waals surface area contributed by atoms with E-state index in [1.54, 1.807) is 50.4 Å². The van der Waals surface area contributed by atoms with Gasteiger partial charge in [-0.15, -0.1) is 0 Å². The van der Waals surface area contributed by atoms with E-state index in [9.17, 15) is 14.4 Å². The van der Waals surface area contributed by atoms with Gasteiger partial charge < -0.3 is 14.2 Å². The van der Waals surface area contributed by atoms with Crippen LogP contribution in [-0.4, -0.2) is 30.2 Å². The molecular weight excluding hydrogens is 528 g/mol. The minimum atomic E-state index is -0.786. The molecule has 0 saturated carbocycles. The molecule has 0 radical (unpaired) electrons. The van der Waals surface area contributed by atoms with Crippen molar-refractivity contribution in [2.45, 2.75) is 19.9 Å². The van der Waals surface area contributed by atoms with Crippen molar-refractivity contribution in [3.05, 3.63) is 121 Å². The van der Waals surface area contributed by atoms with Gasteiger partial charge in [-0.05, 0) is 48.4 Å². The zero-order valence-electron chi connectivity index (χ0n) is 22.1. The van der Waals surface area contributed by atoms with E-state index in [-0.39, 0.29) is 17.7 Å². The Bertz CT molecular complexity index is 1790. The summed E-state index contributed by atoms with van der Waals surface area (Å²) >= 11 is 1.22. The third kappa shape index (κ3) is 5.37. The summed E-state index contributed by atoms with van der Waals surface area (Å²) in [5.74, 6) is 0.0418. The molecule has 0 fully saturated rings. The zero-order chi connectivity index (χ0) is 28.2. The molecule has 0 saturated heterocycles. The molecule has 0 N–H and O–H groups in total. The van der Waals surface area contributed by atoms with Crippen molar-refractivity contribution in [1.82, 2.24) is 4.57 Å². The number of hydrogen-bond acceptors (Lipinski definition) is 8. The van der Waals surface area contributed by atoms with Crippen LogP contribution in [0, 0.1) is 0 Å². The molecule has 8 nitrogen and oxygen atoms in total. The quantitative estimate of drug-likeness (QED) is 0.254. The van der Waals surface area contributed by atoms with Gasteiger partial charge in [0.1, 0.15) is 11.5 Å². The first-order valence-electron chi connectivity index (χ1n) is 12.6. The molecule has 0 amide bonds. The normalized spacial score (nSPS) is 14.8. The molecule has 9 heteroatoms. The second-order valence-corrected chi connectivity index (χ2v) is 9.88. The summed E-state index contributed by atoms with van der Waals surface area (Å²) in [5, 5.41) is 0. The van der Waals surface area contributed by atoms with E-state index < -0.39 is 18.0 Å². The highest BCUT2D eigenvalue weighted by atomic mass is 32.1. The fraction of sp³-hybridized carbons (Fsp3) is 0.161. The van der Waals surface area contributed by atoms with Crippen LogP contribution in [0.4, 0.5) is 0 Å². The van der Waals surface area contributed by atoms with E-state index in [1.165, 1.54) is 22.8 Å². The molecule has 1 atom stereocenters. The van der Waals surface area contributed by atoms with Crippen LogP contribution in [0.1, 0.15) is 36.6 Å². The molecular formula is C31H26N2O6S. The van der Waals surface area contributed by atoms with Crippen molar-refractivity contribution < 1.29 is 23.8 Å². The smallest absolute Gasteiger partial charge is 0.338 e. The number of benzene rings is 3. The summed E-state index contributed by atoms with van der Waals surface area (Å²) in [7, 11) is 1.58. The lowest BCUT2D eigenvalue weighted by Gasteiger charge is -2.26. The molecule has 0 aliphatic carbocycles. The monoisotopic (exact) mass is 554 g/mol. The van der Waals surface area contributed by atoms with Crippen LogP contribution in [0.25, 0.3) is 11.8 Å². The molecule has 1 aliphatic heterocycles. The maximum atomic E-state index is 14.0. The van der Waals surface area contributed by atoms with Gasteiger partial charge in [0.05, 0.1) is 35.6 Å². The standard InChI is InChI=1S/C31H26N2O6S/c1-4-38-30(36)26-27(21-10-6-5-7-11-21)32-31-33(28(26)22-13-15-23(37-3)16-14-22)29(35)25(40-31)18-20-9-8-12-24(17-20)39-19(2)34/h5-18,28H,4H2,1-3H3/b25-18-/t28-/m0/s1. The van der Waals surface area contributed by atoms with Gasteiger partial charge >= 0.3 is 11.9 Å². The van der Waals surface area contributed by atoms with Crippen LogP contribution in [-0.2, 0) is 14.3 Å². The Morgan fingerprint density at radius 3 is 2.42 bits per heavy atom. The lowest BCUT2D eigenvalue weighted by atomic mass is 9.93. The van der Waals surface area contributed by atoms with Crippen molar-refractivity contribution in [3.8, 4) is 11.5 Å². The van der Waals surface area contributed by atoms with E-state index in [4.69, 9.17) is 19.2 Å². The molecule has 5 rings (SSSR count).